The quantitative estimate of drug-likeness (QED) is 0.728. The van der Waals surface area contributed by atoms with E-state index in [0.29, 0.717) is 0 Å². The molecule has 0 unspecified atom stereocenters. The van der Waals surface area contributed by atoms with Crippen LogP contribution in [-0.4, -0.2) is 27.8 Å². The maximum atomic E-state index is 4.33. The Bertz CT molecular complexity index is 750. The summed E-state index contributed by atoms with van der Waals surface area (Å²) in [5.41, 5.74) is 1.45. The zero-order chi connectivity index (χ0) is 15.5. The van der Waals surface area contributed by atoms with Crippen molar-refractivity contribution in [2.45, 2.75) is 25.9 Å². The lowest BCUT2D eigenvalue weighted by atomic mass is 9.96. The number of rotatable bonds is 4. The van der Waals surface area contributed by atoms with Gasteiger partial charge in [0.25, 0.3) is 0 Å². The lowest BCUT2D eigenvalue weighted by molar-refractivity contribution is 0.165. The molecule has 3 nitrogen and oxygen atoms in total. The number of likely N-dealkylation sites (tertiary alicyclic amines) is 1. The van der Waals surface area contributed by atoms with E-state index in [4.69, 9.17) is 0 Å². The summed E-state index contributed by atoms with van der Waals surface area (Å²) >= 11 is 0. The molecule has 0 saturated carbocycles. The summed E-state index contributed by atoms with van der Waals surface area (Å²) < 4.78 is 2.07. The van der Waals surface area contributed by atoms with Crippen molar-refractivity contribution in [3.8, 4) is 0 Å². The van der Waals surface area contributed by atoms with Crippen molar-refractivity contribution in [2.75, 3.05) is 13.1 Å². The largest absolute Gasteiger partial charge is 0.299 e. The number of fused-ring (bicyclic) bond motifs is 1. The van der Waals surface area contributed by atoms with Crippen molar-refractivity contribution in [1.82, 2.24) is 14.7 Å². The van der Waals surface area contributed by atoms with Crippen molar-refractivity contribution in [3.63, 3.8) is 0 Å². The van der Waals surface area contributed by atoms with E-state index in [1.165, 1.54) is 42.3 Å². The van der Waals surface area contributed by atoms with Gasteiger partial charge in [0.1, 0.15) is 0 Å². The number of nitrogens with zero attached hydrogens (tertiary/aromatic N) is 3. The van der Waals surface area contributed by atoms with E-state index in [1.807, 2.05) is 12.3 Å². The zero-order valence-corrected chi connectivity index (χ0v) is 13.4. The molecule has 0 atom stereocenters. The number of hydrogen-bond donors (Lipinski definition) is 0. The van der Waals surface area contributed by atoms with Gasteiger partial charge in [-0.3, -0.25) is 9.58 Å². The maximum Gasteiger partial charge on any atom is 0.0489 e. The molecule has 1 aliphatic rings. The predicted molar refractivity (Wildman–Crippen MR) is 94.2 cm³/mol. The molecular formula is C20H23N3. The molecule has 4 rings (SSSR count). The summed E-state index contributed by atoms with van der Waals surface area (Å²) in [6.45, 7) is 4.51. The van der Waals surface area contributed by atoms with Gasteiger partial charge in [-0.15, -0.1) is 0 Å². The molecule has 0 bridgehead atoms. The summed E-state index contributed by atoms with van der Waals surface area (Å²) in [6, 6.07) is 17.4. The third kappa shape index (κ3) is 3.30. The van der Waals surface area contributed by atoms with Gasteiger partial charge in [-0.2, -0.15) is 5.10 Å². The molecule has 0 spiro atoms. The van der Waals surface area contributed by atoms with Gasteiger partial charge in [-0.25, -0.2) is 0 Å². The van der Waals surface area contributed by atoms with Crippen molar-refractivity contribution in [2.24, 2.45) is 5.92 Å². The molecule has 1 aromatic heterocycles. The summed E-state index contributed by atoms with van der Waals surface area (Å²) in [6.07, 6.45) is 6.48. The van der Waals surface area contributed by atoms with E-state index in [2.05, 4.69) is 63.3 Å². The van der Waals surface area contributed by atoms with Gasteiger partial charge in [-0.05, 0) is 54.3 Å². The molecule has 118 valence electrons. The Morgan fingerprint density at radius 2 is 1.78 bits per heavy atom. The monoisotopic (exact) mass is 305 g/mol. The minimum Gasteiger partial charge on any atom is -0.299 e. The predicted octanol–water partition coefficient (Wildman–Crippen LogP) is 3.95. The fourth-order valence-corrected chi connectivity index (χ4v) is 3.67. The highest BCUT2D eigenvalue weighted by molar-refractivity contribution is 5.85. The standard InChI is InChI=1S/C20H23N3/c1-2-8-20-18(5-1)6-3-7-19(20)16-22-13-9-17(10-14-22)15-23-12-4-11-21-23/h1-8,11-12,17H,9-10,13-16H2. The molecule has 2 aromatic carbocycles. The average molecular weight is 305 g/mol. The fraction of sp³-hybridized carbons (Fsp3) is 0.350. The van der Waals surface area contributed by atoms with Crippen LogP contribution >= 0.6 is 0 Å². The van der Waals surface area contributed by atoms with Crippen molar-refractivity contribution < 1.29 is 0 Å². The van der Waals surface area contributed by atoms with E-state index in [0.717, 1.165) is 19.0 Å². The third-order valence-corrected chi connectivity index (χ3v) is 4.99. The van der Waals surface area contributed by atoms with Crippen LogP contribution in [0, 0.1) is 5.92 Å². The molecule has 3 heteroatoms. The normalized spacial score (nSPS) is 16.9. The summed E-state index contributed by atoms with van der Waals surface area (Å²) in [5.74, 6) is 0.763. The first-order valence-corrected chi connectivity index (χ1v) is 8.55. The number of piperidine rings is 1. The Morgan fingerprint density at radius 3 is 2.61 bits per heavy atom. The first-order chi connectivity index (χ1) is 11.4. The Kier molecular flexibility index (Phi) is 4.12. The van der Waals surface area contributed by atoms with E-state index in [-0.39, 0.29) is 0 Å². The lowest BCUT2D eigenvalue weighted by Crippen LogP contribution is -2.34. The van der Waals surface area contributed by atoms with Crippen LogP contribution in [0.25, 0.3) is 10.8 Å². The molecule has 1 saturated heterocycles. The van der Waals surface area contributed by atoms with Crippen LogP contribution in [0.15, 0.2) is 60.9 Å². The number of aromatic nitrogens is 2. The Morgan fingerprint density at radius 1 is 0.957 bits per heavy atom. The minimum atomic E-state index is 0.763. The van der Waals surface area contributed by atoms with Crippen LogP contribution in [0.3, 0.4) is 0 Å². The third-order valence-electron chi connectivity index (χ3n) is 4.99. The molecule has 0 radical (unpaired) electrons. The molecular weight excluding hydrogens is 282 g/mol. The fourth-order valence-electron chi connectivity index (χ4n) is 3.67. The van der Waals surface area contributed by atoms with Crippen molar-refractivity contribution in [1.29, 1.82) is 0 Å². The molecule has 0 aliphatic carbocycles. The number of hydrogen-bond acceptors (Lipinski definition) is 2. The Hall–Kier alpha value is -2.13. The molecule has 23 heavy (non-hydrogen) atoms. The van der Waals surface area contributed by atoms with Crippen LogP contribution in [0.1, 0.15) is 18.4 Å². The van der Waals surface area contributed by atoms with E-state index in [1.54, 1.807) is 0 Å². The zero-order valence-electron chi connectivity index (χ0n) is 13.4. The average Bonchev–Trinajstić information content (AvgIpc) is 3.10. The molecule has 0 N–H and O–H groups in total. The van der Waals surface area contributed by atoms with Crippen molar-refractivity contribution >= 4 is 10.8 Å². The first kappa shape index (κ1) is 14.5. The number of benzene rings is 2. The van der Waals surface area contributed by atoms with Crippen molar-refractivity contribution in [3.05, 3.63) is 66.5 Å². The Balaban J connectivity index is 1.39. The summed E-state index contributed by atoms with van der Waals surface area (Å²) in [5, 5.41) is 7.08. The highest BCUT2D eigenvalue weighted by Gasteiger charge is 2.20. The van der Waals surface area contributed by atoms with Crippen LogP contribution in [-0.2, 0) is 13.1 Å². The highest BCUT2D eigenvalue weighted by Crippen LogP contribution is 2.24. The second-order valence-corrected chi connectivity index (χ2v) is 6.59. The molecule has 2 heterocycles. The summed E-state index contributed by atoms with van der Waals surface area (Å²) in [7, 11) is 0. The van der Waals surface area contributed by atoms with Gasteiger partial charge >= 0.3 is 0 Å². The second-order valence-electron chi connectivity index (χ2n) is 6.59. The van der Waals surface area contributed by atoms with E-state index >= 15 is 0 Å². The van der Waals surface area contributed by atoms with Crippen LogP contribution < -0.4 is 0 Å². The SMILES string of the molecule is c1ccc2c(CN3CCC(Cn4cccn4)CC3)cccc2c1. The van der Waals surface area contributed by atoms with E-state index < -0.39 is 0 Å². The maximum absolute atomic E-state index is 4.33. The summed E-state index contributed by atoms with van der Waals surface area (Å²) in [4.78, 5) is 2.60. The topological polar surface area (TPSA) is 21.1 Å². The van der Waals surface area contributed by atoms with Crippen LogP contribution in [0.5, 0.6) is 0 Å². The minimum absolute atomic E-state index is 0.763. The van der Waals surface area contributed by atoms with Gasteiger partial charge in [0.2, 0.25) is 0 Å². The highest BCUT2D eigenvalue weighted by atomic mass is 15.3. The van der Waals surface area contributed by atoms with Crippen LogP contribution in [0.4, 0.5) is 0 Å². The van der Waals surface area contributed by atoms with Gasteiger partial charge < -0.3 is 0 Å². The van der Waals surface area contributed by atoms with Gasteiger partial charge in [0.15, 0.2) is 0 Å². The van der Waals surface area contributed by atoms with Gasteiger partial charge in [0.05, 0.1) is 0 Å². The molecule has 0 amide bonds. The second kappa shape index (κ2) is 6.55. The smallest absolute Gasteiger partial charge is 0.0489 e. The van der Waals surface area contributed by atoms with Crippen LogP contribution in [0.2, 0.25) is 0 Å². The van der Waals surface area contributed by atoms with Gasteiger partial charge in [-0.1, -0.05) is 42.5 Å². The Labute approximate surface area is 137 Å². The lowest BCUT2D eigenvalue weighted by Gasteiger charge is -2.32. The molecule has 3 aromatic rings. The van der Waals surface area contributed by atoms with Gasteiger partial charge in [0, 0.05) is 25.5 Å². The first-order valence-electron chi connectivity index (χ1n) is 8.55. The molecule has 1 fully saturated rings. The molecule has 1 aliphatic heterocycles. The van der Waals surface area contributed by atoms with E-state index in [9.17, 15) is 0 Å².